The lowest BCUT2D eigenvalue weighted by Gasteiger charge is -2.36. The Balaban J connectivity index is 1.78. The number of ketones is 1. The highest BCUT2D eigenvalue weighted by Crippen LogP contribution is 2.41. The van der Waals surface area contributed by atoms with Crippen LogP contribution in [0.5, 0.6) is 0 Å². The summed E-state index contributed by atoms with van der Waals surface area (Å²) in [7, 11) is 1.37. The Bertz CT molecular complexity index is 355. The van der Waals surface area contributed by atoms with E-state index in [-0.39, 0.29) is 11.8 Å². The first-order chi connectivity index (χ1) is 10.2. The summed E-state index contributed by atoms with van der Waals surface area (Å²) < 4.78 is 4.73. The average molecular weight is 294 g/mol. The highest BCUT2D eigenvalue weighted by atomic mass is 16.5. The third-order valence-corrected chi connectivity index (χ3v) is 5.69. The van der Waals surface area contributed by atoms with Crippen LogP contribution in [0.15, 0.2) is 0 Å². The summed E-state index contributed by atoms with van der Waals surface area (Å²) in [6, 6.07) is 0. The number of esters is 1. The van der Waals surface area contributed by atoms with E-state index in [1.165, 1.54) is 52.1 Å². The quantitative estimate of drug-likeness (QED) is 0.565. The maximum Gasteiger partial charge on any atom is 0.316 e. The van der Waals surface area contributed by atoms with Gasteiger partial charge in [-0.2, -0.15) is 0 Å². The molecule has 2 aliphatic carbocycles. The van der Waals surface area contributed by atoms with Gasteiger partial charge in [-0.1, -0.05) is 39.0 Å². The van der Waals surface area contributed by atoms with E-state index in [1.54, 1.807) is 0 Å². The molecule has 2 rings (SSSR count). The number of unbranched alkanes of at least 4 members (excludes halogenated alkanes) is 1. The molecule has 0 aromatic rings. The molecule has 21 heavy (non-hydrogen) atoms. The van der Waals surface area contributed by atoms with Gasteiger partial charge < -0.3 is 4.74 Å². The molecule has 3 heteroatoms. The molecule has 2 aliphatic rings. The lowest BCUT2D eigenvalue weighted by atomic mass is 9.68. The number of hydrogen-bond donors (Lipinski definition) is 0. The minimum absolute atomic E-state index is 0.117. The fourth-order valence-corrected chi connectivity index (χ4v) is 4.28. The molecule has 120 valence electrons. The van der Waals surface area contributed by atoms with Crippen molar-refractivity contribution in [1.82, 2.24) is 0 Å². The molecule has 3 nitrogen and oxygen atoms in total. The summed E-state index contributed by atoms with van der Waals surface area (Å²) in [5.74, 6) is 1.46. The summed E-state index contributed by atoms with van der Waals surface area (Å²) in [6.07, 6.45) is 11.6. The van der Waals surface area contributed by atoms with Crippen molar-refractivity contribution >= 4 is 11.8 Å². The van der Waals surface area contributed by atoms with Crippen molar-refractivity contribution < 1.29 is 14.3 Å². The van der Waals surface area contributed by atoms with Gasteiger partial charge in [0.05, 0.1) is 7.11 Å². The monoisotopic (exact) mass is 294 g/mol. The van der Waals surface area contributed by atoms with Crippen LogP contribution >= 0.6 is 0 Å². The van der Waals surface area contributed by atoms with E-state index in [0.29, 0.717) is 24.7 Å². The zero-order valence-corrected chi connectivity index (χ0v) is 13.6. The van der Waals surface area contributed by atoms with Gasteiger partial charge in [0.1, 0.15) is 11.7 Å². The van der Waals surface area contributed by atoms with Crippen LogP contribution in [0.4, 0.5) is 0 Å². The van der Waals surface area contributed by atoms with Crippen LogP contribution in [0, 0.1) is 23.7 Å². The Hall–Kier alpha value is -0.860. The number of rotatable bonds is 5. The van der Waals surface area contributed by atoms with Gasteiger partial charge in [0, 0.05) is 6.42 Å². The van der Waals surface area contributed by atoms with Gasteiger partial charge in [-0.25, -0.2) is 0 Å². The number of carbonyl (C=O) groups is 2. The summed E-state index contributed by atoms with van der Waals surface area (Å²) in [4.78, 5) is 23.7. The van der Waals surface area contributed by atoms with Crippen molar-refractivity contribution in [2.75, 3.05) is 7.11 Å². The fraction of sp³-hybridized carbons (Fsp3) is 0.889. The molecule has 2 atom stereocenters. The van der Waals surface area contributed by atoms with E-state index in [4.69, 9.17) is 4.74 Å². The lowest BCUT2D eigenvalue weighted by Crippen LogP contribution is -2.35. The van der Waals surface area contributed by atoms with Crippen molar-refractivity contribution in [3.05, 3.63) is 0 Å². The number of Topliss-reactive ketones (excluding diaryl/α,β-unsaturated/α-hetero) is 1. The molecule has 0 radical (unpaired) electrons. The molecule has 0 spiro atoms. The second-order valence-corrected chi connectivity index (χ2v) is 7.01. The van der Waals surface area contributed by atoms with E-state index in [0.717, 1.165) is 12.3 Å². The Kier molecular flexibility index (Phi) is 6.25. The summed E-state index contributed by atoms with van der Waals surface area (Å²) in [5.41, 5.74) is 0. The van der Waals surface area contributed by atoms with Crippen molar-refractivity contribution in [1.29, 1.82) is 0 Å². The maximum absolute atomic E-state index is 12.2. The van der Waals surface area contributed by atoms with Crippen LogP contribution in [0.25, 0.3) is 0 Å². The normalized spacial score (nSPS) is 33.7. The first-order valence-electron chi connectivity index (χ1n) is 8.76. The standard InChI is InChI=1S/C18H30O3/c1-3-4-5-13-6-8-14(9-7-13)15-10-11-16(17(19)12-15)18(20)21-2/h13-16H,3-12H2,1-2H3/t13?,14?,15-,16-/m1/s1. The molecule has 0 amide bonds. The van der Waals surface area contributed by atoms with Gasteiger partial charge in [0.2, 0.25) is 0 Å². The third kappa shape index (κ3) is 4.31. The van der Waals surface area contributed by atoms with Crippen LogP contribution in [0.3, 0.4) is 0 Å². The zero-order valence-electron chi connectivity index (χ0n) is 13.6. The van der Waals surface area contributed by atoms with E-state index >= 15 is 0 Å². The predicted octanol–water partition coefficient (Wildman–Crippen LogP) is 4.14. The third-order valence-electron chi connectivity index (χ3n) is 5.69. The van der Waals surface area contributed by atoms with Gasteiger partial charge in [-0.3, -0.25) is 9.59 Å². The highest BCUT2D eigenvalue weighted by molar-refractivity contribution is 5.99. The van der Waals surface area contributed by atoms with Crippen molar-refractivity contribution in [2.45, 2.75) is 71.1 Å². The van der Waals surface area contributed by atoms with Crippen molar-refractivity contribution in [3.8, 4) is 0 Å². The van der Waals surface area contributed by atoms with E-state index in [1.807, 2.05) is 0 Å². The summed E-state index contributed by atoms with van der Waals surface area (Å²) in [6.45, 7) is 2.26. The molecule has 0 bridgehead atoms. The summed E-state index contributed by atoms with van der Waals surface area (Å²) in [5, 5.41) is 0. The smallest absolute Gasteiger partial charge is 0.316 e. The molecular weight excluding hydrogens is 264 g/mol. The van der Waals surface area contributed by atoms with Gasteiger partial charge in [-0.05, 0) is 43.4 Å². The first-order valence-corrected chi connectivity index (χ1v) is 8.76. The minimum atomic E-state index is -0.479. The van der Waals surface area contributed by atoms with Crippen LogP contribution < -0.4 is 0 Å². The number of hydrogen-bond acceptors (Lipinski definition) is 3. The van der Waals surface area contributed by atoms with E-state index in [9.17, 15) is 9.59 Å². The molecule has 0 aliphatic heterocycles. The molecule has 0 heterocycles. The van der Waals surface area contributed by atoms with Crippen molar-refractivity contribution in [2.24, 2.45) is 23.7 Å². The molecule has 0 unspecified atom stereocenters. The maximum atomic E-state index is 12.2. The van der Waals surface area contributed by atoms with Gasteiger partial charge in [0.15, 0.2) is 0 Å². The van der Waals surface area contributed by atoms with Crippen LogP contribution in [-0.4, -0.2) is 18.9 Å². The molecule has 0 saturated heterocycles. The largest absolute Gasteiger partial charge is 0.468 e. The Labute approximate surface area is 128 Å². The second kappa shape index (κ2) is 7.95. The lowest BCUT2D eigenvalue weighted by molar-refractivity contribution is -0.151. The Morgan fingerprint density at radius 1 is 1.10 bits per heavy atom. The molecule has 0 aromatic heterocycles. The highest BCUT2D eigenvalue weighted by Gasteiger charge is 2.38. The SMILES string of the molecule is CCCCC1CCC([C@@H]2CC[C@@H](C(=O)OC)C(=O)C2)CC1. The molecule has 2 fully saturated rings. The number of methoxy groups -OCH3 is 1. The van der Waals surface area contributed by atoms with Crippen LogP contribution in [-0.2, 0) is 14.3 Å². The Morgan fingerprint density at radius 3 is 2.33 bits per heavy atom. The summed E-state index contributed by atoms with van der Waals surface area (Å²) >= 11 is 0. The van der Waals surface area contributed by atoms with Crippen molar-refractivity contribution in [3.63, 3.8) is 0 Å². The van der Waals surface area contributed by atoms with E-state index < -0.39 is 5.92 Å². The van der Waals surface area contributed by atoms with Gasteiger partial charge in [-0.15, -0.1) is 0 Å². The topological polar surface area (TPSA) is 43.4 Å². The molecular formula is C18H30O3. The van der Waals surface area contributed by atoms with Crippen LogP contribution in [0.1, 0.15) is 71.1 Å². The molecule has 0 aromatic carbocycles. The second-order valence-electron chi connectivity index (χ2n) is 7.01. The van der Waals surface area contributed by atoms with Gasteiger partial charge >= 0.3 is 5.97 Å². The average Bonchev–Trinajstić information content (AvgIpc) is 2.52. The van der Waals surface area contributed by atoms with Gasteiger partial charge in [0.25, 0.3) is 0 Å². The molecule has 2 saturated carbocycles. The first kappa shape index (κ1) is 16.5. The minimum Gasteiger partial charge on any atom is -0.468 e. The zero-order chi connectivity index (χ0) is 15.2. The number of ether oxygens (including phenoxy) is 1. The van der Waals surface area contributed by atoms with E-state index in [2.05, 4.69) is 6.92 Å². The number of carbonyl (C=O) groups excluding carboxylic acids is 2. The fourth-order valence-electron chi connectivity index (χ4n) is 4.28. The van der Waals surface area contributed by atoms with Crippen LogP contribution in [0.2, 0.25) is 0 Å². The predicted molar refractivity (Wildman–Crippen MR) is 82.8 cm³/mol. The Morgan fingerprint density at radius 2 is 1.76 bits per heavy atom. The molecule has 0 N–H and O–H groups in total.